The molecule has 1 fully saturated rings. The van der Waals surface area contributed by atoms with E-state index in [4.69, 9.17) is 0 Å². The summed E-state index contributed by atoms with van der Waals surface area (Å²) in [4.78, 5) is 8.01. The Labute approximate surface area is 158 Å². The lowest BCUT2D eigenvalue weighted by molar-refractivity contribution is 0.254. The molecule has 142 valence electrons. The fraction of sp³-hybridized carbons (Fsp3) is 0.350. The van der Waals surface area contributed by atoms with Crippen LogP contribution >= 0.6 is 0 Å². The number of aliphatic hydroxyl groups excluding tert-OH is 1. The van der Waals surface area contributed by atoms with E-state index in [1.165, 1.54) is 18.5 Å². The topological polar surface area (TPSA) is 95.1 Å². The number of aliphatic hydroxyl groups is 1. The number of nitrogens with one attached hydrogen (secondary N) is 2. The first-order valence-corrected chi connectivity index (χ1v) is 10.7. The Bertz CT molecular complexity index is 1050. The van der Waals surface area contributed by atoms with Crippen LogP contribution in [0.4, 0.5) is 0 Å². The highest BCUT2D eigenvalue weighted by atomic mass is 32.2. The molecule has 1 aliphatic carbocycles. The standard InChI is InChI=1S/C20H23N3O3S/c1-2-15(12-24)23-27(25,26)16-7-5-13(6-8-16)17-9-10-21-20-18(17)11-19(22-20)14-3-4-14/h5-11,14-15,23-24H,2-4,12H2,1H3,(H,21,22). The van der Waals surface area contributed by atoms with Crippen molar-refractivity contribution in [2.24, 2.45) is 0 Å². The molecule has 1 saturated carbocycles. The summed E-state index contributed by atoms with van der Waals surface area (Å²) in [5.41, 5.74) is 4.06. The number of aromatic amines is 1. The Kier molecular flexibility index (Phi) is 4.75. The van der Waals surface area contributed by atoms with Crippen molar-refractivity contribution < 1.29 is 13.5 Å². The zero-order valence-electron chi connectivity index (χ0n) is 15.1. The van der Waals surface area contributed by atoms with Gasteiger partial charge in [0.2, 0.25) is 10.0 Å². The van der Waals surface area contributed by atoms with Crippen LogP contribution in [0.5, 0.6) is 0 Å². The third kappa shape index (κ3) is 3.63. The number of sulfonamides is 1. The quantitative estimate of drug-likeness (QED) is 0.582. The van der Waals surface area contributed by atoms with Gasteiger partial charge in [0.25, 0.3) is 0 Å². The van der Waals surface area contributed by atoms with Crippen molar-refractivity contribution in [2.75, 3.05) is 6.61 Å². The Hall–Kier alpha value is -2.22. The molecule has 3 aromatic rings. The van der Waals surface area contributed by atoms with Gasteiger partial charge < -0.3 is 10.1 Å². The minimum absolute atomic E-state index is 0.191. The third-order valence-electron chi connectivity index (χ3n) is 5.08. The number of nitrogens with zero attached hydrogens (tertiary/aromatic N) is 1. The number of hydrogen-bond acceptors (Lipinski definition) is 4. The van der Waals surface area contributed by atoms with Gasteiger partial charge in [-0.15, -0.1) is 0 Å². The number of H-pyrrole nitrogens is 1. The van der Waals surface area contributed by atoms with E-state index in [2.05, 4.69) is 20.8 Å². The molecule has 7 heteroatoms. The second-order valence-corrected chi connectivity index (χ2v) is 8.77. The van der Waals surface area contributed by atoms with Gasteiger partial charge in [0.05, 0.1) is 11.5 Å². The van der Waals surface area contributed by atoms with Crippen LogP contribution in [-0.2, 0) is 10.0 Å². The number of benzene rings is 1. The molecule has 0 radical (unpaired) electrons. The lowest BCUT2D eigenvalue weighted by Gasteiger charge is -2.14. The minimum Gasteiger partial charge on any atom is -0.395 e. The average molecular weight is 385 g/mol. The molecule has 0 aliphatic heterocycles. The Balaban J connectivity index is 1.65. The summed E-state index contributed by atoms with van der Waals surface area (Å²) in [5.74, 6) is 0.615. The molecule has 2 aromatic heterocycles. The molecule has 0 saturated heterocycles. The van der Waals surface area contributed by atoms with E-state index in [-0.39, 0.29) is 11.5 Å². The fourth-order valence-corrected chi connectivity index (χ4v) is 4.57. The summed E-state index contributed by atoms with van der Waals surface area (Å²) in [6.45, 7) is 1.60. The van der Waals surface area contributed by atoms with Crippen LogP contribution < -0.4 is 4.72 Å². The normalized spacial score (nSPS) is 15.9. The maximum Gasteiger partial charge on any atom is 0.240 e. The number of fused-ring (bicyclic) bond motifs is 1. The highest BCUT2D eigenvalue weighted by Crippen LogP contribution is 2.41. The highest BCUT2D eigenvalue weighted by Gasteiger charge is 2.26. The van der Waals surface area contributed by atoms with E-state index in [9.17, 15) is 13.5 Å². The monoisotopic (exact) mass is 385 g/mol. The smallest absolute Gasteiger partial charge is 0.240 e. The molecule has 1 unspecified atom stereocenters. The van der Waals surface area contributed by atoms with Crippen molar-refractivity contribution in [3.05, 3.63) is 48.3 Å². The van der Waals surface area contributed by atoms with Gasteiger partial charge in [0.1, 0.15) is 5.65 Å². The Morgan fingerprint density at radius 1 is 1.26 bits per heavy atom. The zero-order valence-corrected chi connectivity index (χ0v) is 16.0. The second kappa shape index (κ2) is 7.07. The van der Waals surface area contributed by atoms with Crippen LogP contribution in [0.15, 0.2) is 47.5 Å². The van der Waals surface area contributed by atoms with Gasteiger partial charge in [0.15, 0.2) is 0 Å². The van der Waals surface area contributed by atoms with Crippen molar-refractivity contribution in [3.63, 3.8) is 0 Å². The summed E-state index contributed by atoms with van der Waals surface area (Å²) < 4.78 is 27.5. The van der Waals surface area contributed by atoms with Crippen LogP contribution in [-0.4, -0.2) is 36.1 Å². The van der Waals surface area contributed by atoms with E-state index in [1.807, 2.05) is 25.1 Å². The summed E-state index contributed by atoms with van der Waals surface area (Å²) in [6, 6.07) is 10.5. The first-order chi connectivity index (χ1) is 13.0. The second-order valence-electron chi connectivity index (χ2n) is 7.05. The number of rotatable bonds is 7. The van der Waals surface area contributed by atoms with Crippen LogP contribution in [0.3, 0.4) is 0 Å². The molecule has 4 rings (SSSR count). The molecular formula is C20H23N3O3S. The molecule has 0 spiro atoms. The number of pyridine rings is 1. The summed E-state index contributed by atoms with van der Waals surface area (Å²) in [5, 5.41) is 10.3. The van der Waals surface area contributed by atoms with Gasteiger partial charge in [-0.05, 0) is 60.6 Å². The van der Waals surface area contributed by atoms with Crippen LogP contribution in [0.1, 0.15) is 37.8 Å². The minimum atomic E-state index is -3.65. The molecule has 1 aliphatic rings. The Morgan fingerprint density at radius 2 is 2.00 bits per heavy atom. The molecule has 6 nitrogen and oxygen atoms in total. The van der Waals surface area contributed by atoms with Crippen molar-refractivity contribution in [3.8, 4) is 11.1 Å². The number of hydrogen-bond donors (Lipinski definition) is 3. The SMILES string of the molecule is CCC(CO)NS(=O)(=O)c1ccc(-c2ccnc3[nH]c(C4CC4)cc23)cc1. The fourth-order valence-electron chi connectivity index (χ4n) is 3.26. The van der Waals surface area contributed by atoms with Gasteiger partial charge >= 0.3 is 0 Å². The molecule has 1 atom stereocenters. The van der Waals surface area contributed by atoms with Gasteiger partial charge in [-0.1, -0.05) is 19.1 Å². The summed E-state index contributed by atoms with van der Waals surface area (Å²) in [7, 11) is -3.65. The van der Waals surface area contributed by atoms with Crippen molar-refractivity contribution in [1.29, 1.82) is 0 Å². The largest absolute Gasteiger partial charge is 0.395 e. The number of aromatic nitrogens is 2. The van der Waals surface area contributed by atoms with Gasteiger partial charge in [-0.25, -0.2) is 18.1 Å². The predicted molar refractivity (Wildman–Crippen MR) is 105 cm³/mol. The summed E-state index contributed by atoms with van der Waals surface area (Å²) in [6.07, 6.45) is 4.73. The summed E-state index contributed by atoms with van der Waals surface area (Å²) >= 11 is 0. The van der Waals surface area contributed by atoms with E-state index in [1.54, 1.807) is 18.3 Å². The van der Waals surface area contributed by atoms with E-state index in [0.717, 1.165) is 22.2 Å². The molecular weight excluding hydrogens is 362 g/mol. The molecule has 27 heavy (non-hydrogen) atoms. The maximum absolute atomic E-state index is 12.5. The maximum atomic E-state index is 12.5. The molecule has 2 heterocycles. The van der Waals surface area contributed by atoms with Crippen LogP contribution in [0.25, 0.3) is 22.2 Å². The van der Waals surface area contributed by atoms with E-state index >= 15 is 0 Å². The molecule has 0 bridgehead atoms. The molecule has 3 N–H and O–H groups in total. The van der Waals surface area contributed by atoms with Crippen molar-refractivity contribution >= 4 is 21.1 Å². The predicted octanol–water partition coefficient (Wildman–Crippen LogP) is 3.16. The van der Waals surface area contributed by atoms with Gasteiger partial charge in [0, 0.05) is 23.3 Å². The first-order valence-electron chi connectivity index (χ1n) is 9.23. The van der Waals surface area contributed by atoms with Crippen molar-refractivity contribution in [2.45, 2.75) is 43.0 Å². The lowest BCUT2D eigenvalue weighted by Crippen LogP contribution is -2.36. The third-order valence-corrected chi connectivity index (χ3v) is 6.62. The first kappa shape index (κ1) is 18.2. The highest BCUT2D eigenvalue weighted by molar-refractivity contribution is 7.89. The van der Waals surface area contributed by atoms with Gasteiger partial charge in [-0.2, -0.15) is 0 Å². The Morgan fingerprint density at radius 3 is 2.63 bits per heavy atom. The van der Waals surface area contributed by atoms with Crippen LogP contribution in [0, 0.1) is 0 Å². The van der Waals surface area contributed by atoms with Crippen LogP contribution in [0.2, 0.25) is 0 Å². The molecule has 1 aromatic carbocycles. The lowest BCUT2D eigenvalue weighted by atomic mass is 10.0. The molecule has 0 amide bonds. The average Bonchev–Trinajstić information content (AvgIpc) is 3.44. The van der Waals surface area contributed by atoms with E-state index < -0.39 is 16.1 Å². The van der Waals surface area contributed by atoms with Crippen molar-refractivity contribution in [1.82, 2.24) is 14.7 Å². The zero-order chi connectivity index (χ0) is 19.0. The van der Waals surface area contributed by atoms with E-state index in [0.29, 0.717) is 12.3 Å². The van der Waals surface area contributed by atoms with Gasteiger partial charge in [-0.3, -0.25) is 0 Å².